The Balaban J connectivity index is 2.35. The zero-order valence-corrected chi connectivity index (χ0v) is 12.2. The Bertz CT molecular complexity index is 217. The fourth-order valence-electron chi connectivity index (χ4n) is 2.45. The van der Waals surface area contributed by atoms with E-state index in [9.17, 15) is 5.11 Å². The Kier molecular flexibility index (Phi) is 5.46. The van der Waals surface area contributed by atoms with E-state index in [1.165, 1.54) is 0 Å². The van der Waals surface area contributed by atoms with Crippen molar-refractivity contribution in [2.45, 2.75) is 72.5 Å². The maximum Gasteiger partial charge on any atom is 0.0836 e. The zero-order valence-electron chi connectivity index (χ0n) is 12.2. The van der Waals surface area contributed by atoms with Crippen LogP contribution in [0.1, 0.15) is 60.3 Å². The van der Waals surface area contributed by atoms with Gasteiger partial charge in [-0.3, -0.25) is 0 Å². The summed E-state index contributed by atoms with van der Waals surface area (Å²) in [5, 5.41) is 9.97. The molecule has 102 valence electrons. The van der Waals surface area contributed by atoms with Crippen LogP contribution < -0.4 is 0 Å². The lowest BCUT2D eigenvalue weighted by atomic mass is 9.79. The van der Waals surface area contributed by atoms with Gasteiger partial charge in [0, 0.05) is 6.61 Å². The third-order valence-electron chi connectivity index (χ3n) is 3.92. The third kappa shape index (κ3) is 5.39. The standard InChI is InChI=1S/C15H30O2/c1-11(2)12-6-7-13(16)14(10-12)17-9-8-15(3,4)5/h11-14,16H,6-10H2,1-5H3. The van der Waals surface area contributed by atoms with Crippen LogP contribution in [0.5, 0.6) is 0 Å². The summed E-state index contributed by atoms with van der Waals surface area (Å²) in [6, 6.07) is 0. The van der Waals surface area contributed by atoms with Crippen molar-refractivity contribution in [2.75, 3.05) is 6.61 Å². The van der Waals surface area contributed by atoms with Gasteiger partial charge in [0.25, 0.3) is 0 Å². The summed E-state index contributed by atoms with van der Waals surface area (Å²) in [4.78, 5) is 0. The van der Waals surface area contributed by atoms with Gasteiger partial charge in [0.2, 0.25) is 0 Å². The van der Waals surface area contributed by atoms with E-state index in [1.807, 2.05) is 0 Å². The van der Waals surface area contributed by atoms with Crippen molar-refractivity contribution >= 4 is 0 Å². The number of hydrogen-bond donors (Lipinski definition) is 1. The maximum absolute atomic E-state index is 9.97. The number of hydrogen-bond acceptors (Lipinski definition) is 2. The summed E-state index contributed by atoms with van der Waals surface area (Å²) in [6.45, 7) is 12.0. The molecular weight excluding hydrogens is 212 g/mol. The van der Waals surface area contributed by atoms with Crippen LogP contribution in [-0.4, -0.2) is 23.9 Å². The minimum atomic E-state index is -0.245. The second-order valence-electron chi connectivity index (χ2n) is 7.10. The monoisotopic (exact) mass is 242 g/mol. The summed E-state index contributed by atoms with van der Waals surface area (Å²) in [7, 11) is 0. The second-order valence-corrected chi connectivity index (χ2v) is 7.10. The summed E-state index contributed by atoms with van der Waals surface area (Å²) in [5.41, 5.74) is 0.317. The van der Waals surface area contributed by atoms with Crippen LogP contribution in [-0.2, 0) is 4.74 Å². The zero-order chi connectivity index (χ0) is 13.1. The molecule has 0 aliphatic heterocycles. The predicted octanol–water partition coefficient (Wildman–Crippen LogP) is 3.62. The minimum Gasteiger partial charge on any atom is -0.390 e. The highest BCUT2D eigenvalue weighted by Gasteiger charge is 2.31. The highest BCUT2D eigenvalue weighted by molar-refractivity contribution is 4.82. The van der Waals surface area contributed by atoms with Crippen molar-refractivity contribution in [3.05, 3.63) is 0 Å². The number of ether oxygens (including phenoxy) is 1. The molecule has 2 nitrogen and oxygen atoms in total. The van der Waals surface area contributed by atoms with Gasteiger partial charge in [-0.1, -0.05) is 34.6 Å². The molecule has 0 aromatic carbocycles. The van der Waals surface area contributed by atoms with E-state index < -0.39 is 0 Å². The Morgan fingerprint density at radius 1 is 1.24 bits per heavy atom. The fraction of sp³-hybridized carbons (Fsp3) is 1.00. The Labute approximate surface area is 107 Å². The van der Waals surface area contributed by atoms with E-state index in [2.05, 4.69) is 34.6 Å². The molecule has 17 heavy (non-hydrogen) atoms. The van der Waals surface area contributed by atoms with Gasteiger partial charge in [0.15, 0.2) is 0 Å². The van der Waals surface area contributed by atoms with Gasteiger partial charge in [0.05, 0.1) is 12.2 Å². The van der Waals surface area contributed by atoms with Gasteiger partial charge in [-0.05, 0) is 42.9 Å². The number of aliphatic hydroxyl groups is 1. The Morgan fingerprint density at radius 2 is 1.88 bits per heavy atom. The molecule has 3 unspecified atom stereocenters. The summed E-state index contributed by atoms with van der Waals surface area (Å²) in [6.07, 6.45) is 3.97. The van der Waals surface area contributed by atoms with Gasteiger partial charge in [-0.25, -0.2) is 0 Å². The van der Waals surface area contributed by atoms with E-state index in [-0.39, 0.29) is 12.2 Å². The Hall–Kier alpha value is -0.0800. The van der Waals surface area contributed by atoms with Gasteiger partial charge >= 0.3 is 0 Å². The Morgan fingerprint density at radius 3 is 2.41 bits per heavy atom. The highest BCUT2D eigenvalue weighted by atomic mass is 16.5. The van der Waals surface area contributed by atoms with Crippen LogP contribution in [0.2, 0.25) is 0 Å². The third-order valence-corrected chi connectivity index (χ3v) is 3.92. The van der Waals surface area contributed by atoms with Crippen molar-refractivity contribution in [3.8, 4) is 0 Å². The molecule has 0 spiro atoms. The molecule has 0 heterocycles. The molecule has 0 aromatic heterocycles. The predicted molar refractivity (Wildman–Crippen MR) is 72.0 cm³/mol. The second kappa shape index (κ2) is 6.19. The van der Waals surface area contributed by atoms with Crippen molar-refractivity contribution in [1.82, 2.24) is 0 Å². The average Bonchev–Trinajstić information content (AvgIpc) is 2.18. The van der Waals surface area contributed by atoms with E-state index in [0.717, 1.165) is 38.2 Å². The molecule has 1 fully saturated rings. The van der Waals surface area contributed by atoms with Crippen molar-refractivity contribution in [1.29, 1.82) is 0 Å². The summed E-state index contributed by atoms with van der Waals surface area (Å²) >= 11 is 0. The lowest BCUT2D eigenvalue weighted by Gasteiger charge is -2.35. The van der Waals surface area contributed by atoms with Crippen molar-refractivity contribution in [2.24, 2.45) is 17.3 Å². The first-order chi connectivity index (χ1) is 7.79. The number of aliphatic hydroxyl groups excluding tert-OH is 1. The fourth-order valence-corrected chi connectivity index (χ4v) is 2.45. The van der Waals surface area contributed by atoms with Crippen molar-refractivity contribution in [3.63, 3.8) is 0 Å². The van der Waals surface area contributed by atoms with Crippen LogP contribution in [0.4, 0.5) is 0 Å². The first-order valence-electron chi connectivity index (χ1n) is 7.09. The smallest absolute Gasteiger partial charge is 0.0836 e. The van der Waals surface area contributed by atoms with Gasteiger partial charge in [-0.15, -0.1) is 0 Å². The maximum atomic E-state index is 9.97. The van der Waals surface area contributed by atoms with Crippen molar-refractivity contribution < 1.29 is 9.84 Å². The molecule has 2 heteroatoms. The minimum absolute atomic E-state index is 0.0681. The number of rotatable bonds is 4. The van der Waals surface area contributed by atoms with Gasteiger partial charge < -0.3 is 9.84 Å². The van der Waals surface area contributed by atoms with E-state index >= 15 is 0 Å². The quantitative estimate of drug-likeness (QED) is 0.816. The molecular formula is C15H30O2. The molecule has 0 saturated heterocycles. The molecule has 0 bridgehead atoms. The lowest BCUT2D eigenvalue weighted by Crippen LogP contribution is -2.37. The molecule has 0 radical (unpaired) electrons. The van der Waals surface area contributed by atoms with Crippen LogP contribution in [0.15, 0.2) is 0 Å². The van der Waals surface area contributed by atoms with E-state index in [4.69, 9.17) is 4.74 Å². The summed E-state index contributed by atoms with van der Waals surface area (Å²) in [5.74, 6) is 1.43. The molecule has 1 aliphatic carbocycles. The van der Waals surface area contributed by atoms with Gasteiger partial charge in [-0.2, -0.15) is 0 Å². The largest absolute Gasteiger partial charge is 0.390 e. The summed E-state index contributed by atoms with van der Waals surface area (Å²) < 4.78 is 5.90. The lowest BCUT2D eigenvalue weighted by molar-refractivity contribution is -0.0807. The van der Waals surface area contributed by atoms with E-state index in [1.54, 1.807) is 0 Å². The molecule has 1 N–H and O–H groups in total. The molecule has 1 saturated carbocycles. The van der Waals surface area contributed by atoms with Gasteiger partial charge in [0.1, 0.15) is 0 Å². The molecule has 3 atom stereocenters. The first-order valence-corrected chi connectivity index (χ1v) is 7.09. The van der Waals surface area contributed by atoms with E-state index in [0.29, 0.717) is 11.3 Å². The SMILES string of the molecule is CC(C)C1CCC(O)C(OCCC(C)(C)C)C1. The van der Waals surface area contributed by atoms with Crippen LogP contribution in [0, 0.1) is 17.3 Å². The van der Waals surface area contributed by atoms with Crippen LogP contribution in [0.25, 0.3) is 0 Å². The molecule has 0 amide bonds. The van der Waals surface area contributed by atoms with Crippen LogP contribution >= 0.6 is 0 Å². The highest BCUT2D eigenvalue weighted by Crippen LogP contribution is 2.32. The normalized spacial score (nSPS) is 30.9. The molecule has 0 aromatic rings. The molecule has 1 rings (SSSR count). The molecule has 1 aliphatic rings. The first kappa shape index (κ1) is 15.0. The topological polar surface area (TPSA) is 29.5 Å². The average molecular weight is 242 g/mol. The van der Waals surface area contributed by atoms with Crippen LogP contribution in [0.3, 0.4) is 0 Å².